The number of para-hydroxylation sites is 1. The van der Waals surface area contributed by atoms with E-state index in [9.17, 15) is 0 Å². The SMILES string of the molecule is c1ccc(CN2COc3c(-c4ccccc4)nc4ccccc4c3C2)cc1. The molecule has 1 aliphatic heterocycles. The smallest absolute Gasteiger partial charge is 0.152 e. The Kier molecular flexibility index (Phi) is 4.07. The molecule has 0 bridgehead atoms. The highest BCUT2D eigenvalue weighted by molar-refractivity contribution is 5.89. The Morgan fingerprint density at radius 1 is 0.815 bits per heavy atom. The van der Waals surface area contributed by atoms with Gasteiger partial charge in [0.1, 0.15) is 12.4 Å². The molecule has 4 aromatic rings. The molecule has 2 heterocycles. The van der Waals surface area contributed by atoms with Crippen LogP contribution in [0.3, 0.4) is 0 Å². The molecule has 0 atom stereocenters. The summed E-state index contributed by atoms with van der Waals surface area (Å²) in [6.45, 7) is 2.30. The third-order valence-electron chi connectivity index (χ3n) is 5.02. The second-order valence-electron chi connectivity index (χ2n) is 6.90. The highest BCUT2D eigenvalue weighted by atomic mass is 16.5. The number of benzene rings is 3. The van der Waals surface area contributed by atoms with Crippen LogP contribution in [0.2, 0.25) is 0 Å². The van der Waals surface area contributed by atoms with E-state index in [0.717, 1.165) is 35.6 Å². The number of pyridine rings is 1. The molecule has 0 amide bonds. The van der Waals surface area contributed by atoms with E-state index in [1.165, 1.54) is 16.5 Å². The summed E-state index contributed by atoms with van der Waals surface area (Å²) in [7, 11) is 0. The normalized spacial score (nSPS) is 13.9. The largest absolute Gasteiger partial charge is 0.475 e. The van der Waals surface area contributed by atoms with Crippen LogP contribution >= 0.6 is 0 Å². The Morgan fingerprint density at radius 3 is 2.33 bits per heavy atom. The van der Waals surface area contributed by atoms with Crippen molar-refractivity contribution in [2.75, 3.05) is 6.73 Å². The summed E-state index contributed by atoms with van der Waals surface area (Å²) in [5, 5.41) is 1.17. The standard InChI is InChI=1S/C24H20N2O/c1-3-9-18(10-4-1)15-26-16-21-20-13-7-8-14-22(20)25-23(24(21)27-17-26)19-11-5-2-6-12-19/h1-14H,15-17H2. The first-order valence-corrected chi connectivity index (χ1v) is 9.24. The van der Waals surface area contributed by atoms with Gasteiger partial charge in [-0.2, -0.15) is 0 Å². The van der Waals surface area contributed by atoms with Gasteiger partial charge in [0, 0.05) is 29.6 Å². The zero-order chi connectivity index (χ0) is 18.1. The van der Waals surface area contributed by atoms with E-state index < -0.39 is 0 Å². The Bertz CT molecular complexity index is 1080. The molecule has 0 radical (unpaired) electrons. The average molecular weight is 352 g/mol. The summed E-state index contributed by atoms with van der Waals surface area (Å²) in [5.41, 5.74) is 5.56. The molecule has 0 fully saturated rings. The van der Waals surface area contributed by atoms with E-state index in [1.54, 1.807) is 0 Å². The van der Waals surface area contributed by atoms with E-state index in [0.29, 0.717) is 6.73 Å². The monoisotopic (exact) mass is 352 g/mol. The first-order chi connectivity index (χ1) is 13.4. The molecule has 0 saturated heterocycles. The highest BCUT2D eigenvalue weighted by Crippen LogP contribution is 2.39. The maximum Gasteiger partial charge on any atom is 0.152 e. The van der Waals surface area contributed by atoms with Crippen molar-refractivity contribution in [3.8, 4) is 17.0 Å². The molecule has 3 nitrogen and oxygen atoms in total. The lowest BCUT2D eigenvalue weighted by Crippen LogP contribution is -2.32. The van der Waals surface area contributed by atoms with Crippen LogP contribution in [0.4, 0.5) is 0 Å². The van der Waals surface area contributed by atoms with Crippen LogP contribution in [0, 0.1) is 0 Å². The topological polar surface area (TPSA) is 25.4 Å². The van der Waals surface area contributed by atoms with Gasteiger partial charge < -0.3 is 4.74 Å². The fraction of sp³-hybridized carbons (Fsp3) is 0.125. The molecule has 0 unspecified atom stereocenters. The van der Waals surface area contributed by atoms with Gasteiger partial charge in [-0.3, -0.25) is 4.90 Å². The second-order valence-corrected chi connectivity index (χ2v) is 6.90. The molecule has 5 rings (SSSR count). The van der Waals surface area contributed by atoms with Crippen molar-refractivity contribution in [1.29, 1.82) is 0 Å². The van der Waals surface area contributed by atoms with Crippen molar-refractivity contribution in [2.24, 2.45) is 0 Å². The van der Waals surface area contributed by atoms with Crippen molar-refractivity contribution >= 4 is 10.9 Å². The number of fused-ring (bicyclic) bond motifs is 3. The maximum absolute atomic E-state index is 6.27. The van der Waals surface area contributed by atoms with Crippen LogP contribution in [-0.2, 0) is 13.1 Å². The molecule has 0 spiro atoms. The molecule has 0 saturated carbocycles. The van der Waals surface area contributed by atoms with Crippen LogP contribution in [0.15, 0.2) is 84.9 Å². The molecular formula is C24H20N2O. The highest BCUT2D eigenvalue weighted by Gasteiger charge is 2.24. The maximum atomic E-state index is 6.27. The lowest BCUT2D eigenvalue weighted by atomic mass is 10.0. The van der Waals surface area contributed by atoms with Gasteiger partial charge in [0.25, 0.3) is 0 Å². The van der Waals surface area contributed by atoms with Crippen molar-refractivity contribution in [2.45, 2.75) is 13.1 Å². The molecule has 1 aliphatic rings. The van der Waals surface area contributed by atoms with Crippen LogP contribution in [0.25, 0.3) is 22.2 Å². The lowest BCUT2D eigenvalue weighted by molar-refractivity contribution is 0.0899. The Labute approximate surface area is 158 Å². The number of hydrogen-bond donors (Lipinski definition) is 0. The number of rotatable bonds is 3. The first-order valence-electron chi connectivity index (χ1n) is 9.24. The summed E-state index contributed by atoms with van der Waals surface area (Å²) in [6.07, 6.45) is 0. The van der Waals surface area contributed by atoms with Crippen molar-refractivity contribution in [3.05, 3.63) is 96.1 Å². The van der Waals surface area contributed by atoms with Gasteiger partial charge in [-0.15, -0.1) is 0 Å². The van der Waals surface area contributed by atoms with E-state index in [4.69, 9.17) is 9.72 Å². The zero-order valence-corrected chi connectivity index (χ0v) is 15.0. The van der Waals surface area contributed by atoms with E-state index in [1.807, 2.05) is 24.3 Å². The van der Waals surface area contributed by atoms with Crippen LogP contribution in [0.1, 0.15) is 11.1 Å². The minimum atomic E-state index is 0.571. The predicted molar refractivity (Wildman–Crippen MR) is 108 cm³/mol. The van der Waals surface area contributed by atoms with Crippen LogP contribution in [-0.4, -0.2) is 16.6 Å². The Morgan fingerprint density at radius 2 is 1.52 bits per heavy atom. The lowest BCUT2D eigenvalue weighted by Gasteiger charge is -2.31. The van der Waals surface area contributed by atoms with Crippen LogP contribution < -0.4 is 4.74 Å². The summed E-state index contributed by atoms with van der Waals surface area (Å²) >= 11 is 0. The molecular weight excluding hydrogens is 332 g/mol. The summed E-state index contributed by atoms with van der Waals surface area (Å²) in [5.74, 6) is 0.921. The zero-order valence-electron chi connectivity index (χ0n) is 15.0. The second kappa shape index (κ2) is 6.86. The third-order valence-corrected chi connectivity index (χ3v) is 5.02. The minimum Gasteiger partial charge on any atom is -0.475 e. The molecule has 0 aliphatic carbocycles. The number of aromatic nitrogens is 1. The fourth-order valence-electron chi connectivity index (χ4n) is 3.74. The fourth-order valence-corrected chi connectivity index (χ4v) is 3.74. The molecule has 3 aromatic carbocycles. The van der Waals surface area contributed by atoms with Gasteiger partial charge in [-0.05, 0) is 11.6 Å². The molecule has 132 valence electrons. The van der Waals surface area contributed by atoms with Gasteiger partial charge in [0.15, 0.2) is 5.75 Å². The van der Waals surface area contributed by atoms with E-state index in [2.05, 4.69) is 65.6 Å². The summed E-state index contributed by atoms with van der Waals surface area (Å²) < 4.78 is 6.27. The summed E-state index contributed by atoms with van der Waals surface area (Å²) in [4.78, 5) is 7.26. The van der Waals surface area contributed by atoms with Gasteiger partial charge in [0.2, 0.25) is 0 Å². The average Bonchev–Trinajstić information content (AvgIpc) is 2.74. The van der Waals surface area contributed by atoms with Gasteiger partial charge >= 0.3 is 0 Å². The third kappa shape index (κ3) is 3.07. The summed E-state index contributed by atoms with van der Waals surface area (Å²) in [6, 6.07) is 29.2. The Hall–Kier alpha value is -3.17. The van der Waals surface area contributed by atoms with E-state index >= 15 is 0 Å². The Balaban J connectivity index is 1.59. The quantitative estimate of drug-likeness (QED) is 0.503. The van der Waals surface area contributed by atoms with Crippen LogP contribution in [0.5, 0.6) is 5.75 Å². The van der Waals surface area contributed by atoms with E-state index in [-0.39, 0.29) is 0 Å². The molecule has 1 aromatic heterocycles. The number of ether oxygens (including phenoxy) is 1. The van der Waals surface area contributed by atoms with Crippen molar-refractivity contribution in [3.63, 3.8) is 0 Å². The number of hydrogen-bond acceptors (Lipinski definition) is 3. The number of nitrogens with zero attached hydrogens (tertiary/aromatic N) is 2. The van der Waals surface area contributed by atoms with Gasteiger partial charge in [-0.1, -0.05) is 78.9 Å². The molecule has 27 heavy (non-hydrogen) atoms. The molecule has 3 heteroatoms. The minimum absolute atomic E-state index is 0.571. The predicted octanol–water partition coefficient (Wildman–Crippen LogP) is 5.25. The van der Waals surface area contributed by atoms with Crippen molar-refractivity contribution < 1.29 is 4.74 Å². The van der Waals surface area contributed by atoms with Crippen molar-refractivity contribution in [1.82, 2.24) is 9.88 Å². The van der Waals surface area contributed by atoms with Gasteiger partial charge in [0.05, 0.1) is 5.52 Å². The first kappa shape index (κ1) is 16.0. The van der Waals surface area contributed by atoms with Gasteiger partial charge in [-0.25, -0.2) is 4.98 Å². The molecule has 0 N–H and O–H groups in total.